The van der Waals surface area contributed by atoms with Crippen LogP contribution in [-0.2, 0) is 0 Å². The van der Waals surface area contributed by atoms with E-state index in [-0.39, 0.29) is 5.56 Å². The number of pyridine rings is 1. The third-order valence-corrected chi connectivity index (χ3v) is 1.62. The van der Waals surface area contributed by atoms with Crippen molar-refractivity contribution in [1.82, 2.24) is 4.98 Å². The number of anilines is 1. The summed E-state index contributed by atoms with van der Waals surface area (Å²) in [7, 11) is 1.60. The fraction of sp³-hybridized carbons (Fsp3) is 0.250. The minimum absolute atomic E-state index is 0.242. The van der Waals surface area contributed by atoms with Crippen LogP contribution in [0.3, 0.4) is 0 Å². The van der Waals surface area contributed by atoms with Crippen molar-refractivity contribution in [2.24, 2.45) is 0 Å². The van der Waals surface area contributed by atoms with E-state index in [0.717, 1.165) is 0 Å². The molecule has 0 atom stereocenters. The highest BCUT2D eigenvalue weighted by Crippen LogP contribution is 2.10. The molecule has 14 heavy (non-hydrogen) atoms. The van der Waals surface area contributed by atoms with Gasteiger partial charge in [0.2, 0.25) is 5.78 Å². The number of ketones is 1. The van der Waals surface area contributed by atoms with E-state index < -0.39 is 17.3 Å². The first-order chi connectivity index (χ1) is 6.65. The lowest BCUT2D eigenvalue weighted by atomic mass is 10.1. The molecule has 0 fully saturated rings. The molecule has 0 aliphatic heterocycles. The molecule has 0 aliphatic rings. The number of hydrogen-bond acceptors (Lipinski definition) is 5. The van der Waals surface area contributed by atoms with Gasteiger partial charge >= 0.3 is 0 Å². The van der Waals surface area contributed by atoms with Gasteiger partial charge in [0.25, 0.3) is 6.54 Å². The topological polar surface area (TPSA) is 85.1 Å². The minimum Gasteiger partial charge on any atom is -0.373 e. The van der Waals surface area contributed by atoms with Crippen LogP contribution in [0.4, 0.5) is 5.82 Å². The summed E-state index contributed by atoms with van der Waals surface area (Å²) >= 11 is 0. The van der Waals surface area contributed by atoms with Crippen LogP contribution in [-0.4, -0.2) is 29.3 Å². The Kier molecular flexibility index (Phi) is 3.11. The Morgan fingerprint density at radius 2 is 2.43 bits per heavy atom. The predicted octanol–water partition coefficient (Wildman–Crippen LogP) is 0.583. The highest BCUT2D eigenvalue weighted by atomic mass is 16.6. The molecule has 1 aromatic heterocycles. The number of hydrogen-bond donors (Lipinski definition) is 1. The van der Waals surface area contributed by atoms with Gasteiger partial charge in [0.1, 0.15) is 5.82 Å². The molecule has 0 radical (unpaired) electrons. The molecule has 0 unspecified atom stereocenters. The number of carbonyl (C=O) groups is 1. The second kappa shape index (κ2) is 4.31. The Morgan fingerprint density at radius 1 is 1.71 bits per heavy atom. The van der Waals surface area contributed by atoms with Gasteiger partial charge in [-0.2, -0.15) is 0 Å². The van der Waals surface area contributed by atoms with Crippen molar-refractivity contribution in [1.29, 1.82) is 0 Å². The number of Topliss-reactive ketones (excluding diaryl/α,β-unsaturated/α-hetero) is 1. The van der Waals surface area contributed by atoms with Crippen LogP contribution in [0.25, 0.3) is 0 Å². The van der Waals surface area contributed by atoms with E-state index >= 15 is 0 Å². The molecule has 0 spiro atoms. The number of nitrogens with zero attached hydrogens (tertiary/aromatic N) is 2. The predicted molar refractivity (Wildman–Crippen MR) is 50.0 cm³/mol. The number of nitrogens with one attached hydrogen (secondary N) is 1. The van der Waals surface area contributed by atoms with Crippen LogP contribution in [0.5, 0.6) is 0 Å². The molecular formula is C8H9N3O3. The van der Waals surface area contributed by atoms with E-state index in [2.05, 4.69) is 10.3 Å². The van der Waals surface area contributed by atoms with Gasteiger partial charge in [-0.1, -0.05) is 0 Å². The highest BCUT2D eigenvalue weighted by Gasteiger charge is 2.16. The Morgan fingerprint density at radius 3 is 3.00 bits per heavy atom. The van der Waals surface area contributed by atoms with Gasteiger partial charge in [-0.15, -0.1) is 0 Å². The zero-order valence-corrected chi connectivity index (χ0v) is 7.56. The van der Waals surface area contributed by atoms with E-state index in [9.17, 15) is 14.9 Å². The zero-order valence-electron chi connectivity index (χ0n) is 7.56. The molecule has 6 nitrogen and oxygen atoms in total. The summed E-state index contributed by atoms with van der Waals surface area (Å²) in [6.07, 6.45) is 1.51. The van der Waals surface area contributed by atoms with E-state index in [1.165, 1.54) is 12.3 Å². The second-order valence-electron chi connectivity index (χ2n) is 2.56. The van der Waals surface area contributed by atoms with Crippen LogP contribution in [0, 0.1) is 10.1 Å². The Balaban J connectivity index is 2.94. The molecule has 1 rings (SSSR count). The molecule has 1 N–H and O–H groups in total. The average Bonchev–Trinajstić information content (AvgIpc) is 2.16. The molecule has 1 aromatic rings. The molecule has 6 heteroatoms. The van der Waals surface area contributed by atoms with E-state index in [0.29, 0.717) is 5.82 Å². The summed E-state index contributed by atoms with van der Waals surface area (Å²) in [6.45, 7) is -0.708. The lowest BCUT2D eigenvalue weighted by Crippen LogP contribution is -2.15. The normalized spacial score (nSPS) is 9.50. The second-order valence-corrected chi connectivity index (χ2v) is 2.56. The zero-order chi connectivity index (χ0) is 10.6. The smallest absolute Gasteiger partial charge is 0.265 e. The first kappa shape index (κ1) is 10.1. The third-order valence-electron chi connectivity index (χ3n) is 1.62. The Bertz CT molecular complexity index is 365. The van der Waals surface area contributed by atoms with Crippen molar-refractivity contribution in [3.8, 4) is 0 Å². The fourth-order valence-electron chi connectivity index (χ4n) is 1.03. The molecule has 0 aliphatic carbocycles. The maximum absolute atomic E-state index is 11.3. The molecule has 0 aromatic carbocycles. The lowest BCUT2D eigenvalue weighted by Gasteiger charge is -2.03. The molecule has 74 valence electrons. The van der Waals surface area contributed by atoms with Gasteiger partial charge in [-0.25, -0.2) is 4.98 Å². The van der Waals surface area contributed by atoms with E-state index in [1.807, 2.05) is 0 Å². The lowest BCUT2D eigenvalue weighted by molar-refractivity contribution is -0.465. The van der Waals surface area contributed by atoms with Gasteiger partial charge in [0.05, 0.1) is 5.56 Å². The molecule has 1 heterocycles. The number of rotatable bonds is 4. The maximum Gasteiger partial charge on any atom is 0.265 e. The summed E-state index contributed by atoms with van der Waals surface area (Å²) < 4.78 is 0. The van der Waals surface area contributed by atoms with Crippen molar-refractivity contribution < 1.29 is 9.72 Å². The molecule has 0 bridgehead atoms. The van der Waals surface area contributed by atoms with Crippen LogP contribution < -0.4 is 5.32 Å². The molecule has 0 saturated carbocycles. The third kappa shape index (κ3) is 2.25. The van der Waals surface area contributed by atoms with Crippen LogP contribution in [0.1, 0.15) is 10.4 Å². The van der Waals surface area contributed by atoms with Crippen molar-refractivity contribution in [2.45, 2.75) is 0 Å². The number of aromatic nitrogens is 1. The van der Waals surface area contributed by atoms with Crippen LogP contribution in [0.15, 0.2) is 18.3 Å². The summed E-state index contributed by atoms with van der Waals surface area (Å²) in [5.74, 6) is -0.188. The number of nitro groups is 1. The summed E-state index contributed by atoms with van der Waals surface area (Å²) in [6, 6.07) is 3.07. The van der Waals surface area contributed by atoms with Gasteiger partial charge in [0.15, 0.2) is 0 Å². The van der Waals surface area contributed by atoms with Gasteiger partial charge in [-0.05, 0) is 12.1 Å². The van der Waals surface area contributed by atoms with Crippen LogP contribution in [0.2, 0.25) is 0 Å². The first-order valence-electron chi connectivity index (χ1n) is 3.93. The van der Waals surface area contributed by atoms with Gasteiger partial charge in [0, 0.05) is 18.2 Å². The monoisotopic (exact) mass is 195 g/mol. The standard InChI is InChI=1S/C8H9N3O3/c1-9-8-6(3-2-4-10-8)7(12)5-11(13)14/h2-4H,5H2,1H3,(H,9,10). The minimum atomic E-state index is -0.708. The van der Waals surface area contributed by atoms with Crippen LogP contribution >= 0.6 is 0 Å². The Labute approximate surface area is 80.1 Å². The van der Waals surface area contributed by atoms with Crippen molar-refractivity contribution in [3.63, 3.8) is 0 Å². The van der Waals surface area contributed by atoms with Crippen molar-refractivity contribution in [3.05, 3.63) is 34.0 Å². The molecular weight excluding hydrogens is 186 g/mol. The quantitative estimate of drug-likeness (QED) is 0.431. The average molecular weight is 195 g/mol. The molecule has 0 amide bonds. The first-order valence-corrected chi connectivity index (χ1v) is 3.93. The summed E-state index contributed by atoms with van der Waals surface area (Å²) in [4.78, 5) is 24.7. The van der Waals surface area contributed by atoms with Gasteiger partial charge in [-0.3, -0.25) is 14.9 Å². The van der Waals surface area contributed by atoms with Crippen molar-refractivity contribution >= 4 is 11.6 Å². The van der Waals surface area contributed by atoms with Crippen molar-refractivity contribution in [2.75, 3.05) is 18.9 Å². The highest BCUT2D eigenvalue weighted by molar-refractivity contribution is 6.01. The largest absolute Gasteiger partial charge is 0.373 e. The fourth-order valence-corrected chi connectivity index (χ4v) is 1.03. The summed E-state index contributed by atoms with van der Waals surface area (Å²) in [5, 5.41) is 12.8. The van der Waals surface area contributed by atoms with Gasteiger partial charge < -0.3 is 5.32 Å². The number of carbonyl (C=O) groups excluding carboxylic acids is 1. The van der Waals surface area contributed by atoms with E-state index in [4.69, 9.17) is 0 Å². The molecule has 0 saturated heterocycles. The SMILES string of the molecule is CNc1ncccc1C(=O)C[N+](=O)[O-]. The summed E-state index contributed by atoms with van der Waals surface area (Å²) in [5.41, 5.74) is 0.242. The maximum atomic E-state index is 11.3. The van der Waals surface area contributed by atoms with E-state index in [1.54, 1.807) is 13.1 Å². The Hall–Kier alpha value is -1.98.